The van der Waals surface area contributed by atoms with Crippen LogP contribution in [0.4, 0.5) is 0 Å². The molecule has 0 saturated carbocycles. The van der Waals surface area contributed by atoms with E-state index >= 15 is 0 Å². The minimum absolute atomic E-state index is 0.0265. The molecule has 1 aliphatic rings. The maximum absolute atomic E-state index is 12.3. The summed E-state index contributed by atoms with van der Waals surface area (Å²) in [6.45, 7) is 3.34. The average Bonchev–Trinajstić information content (AvgIpc) is 2.92. The molecule has 9 heteroatoms. The monoisotopic (exact) mass is 430 g/mol. The van der Waals surface area contributed by atoms with Gasteiger partial charge in [-0.2, -0.15) is 4.31 Å². The third-order valence-electron chi connectivity index (χ3n) is 4.11. The molecule has 1 amide bonds. The second-order valence-corrected chi connectivity index (χ2v) is 8.78. The predicted molar refractivity (Wildman–Crippen MR) is 97.2 cm³/mol. The van der Waals surface area contributed by atoms with Gasteiger partial charge in [0.1, 0.15) is 5.58 Å². The molecule has 0 aliphatic carbocycles. The summed E-state index contributed by atoms with van der Waals surface area (Å²) < 4.78 is 37.5. The van der Waals surface area contributed by atoms with Crippen LogP contribution >= 0.6 is 15.9 Å². The first kappa shape index (κ1) is 18.4. The zero-order chi connectivity index (χ0) is 18.0. The molecule has 1 N–H and O–H groups in total. The first-order valence-electron chi connectivity index (χ1n) is 7.91. The number of carbonyl (C=O) groups excluding carboxylic acids is 1. The first-order chi connectivity index (χ1) is 11.9. The van der Waals surface area contributed by atoms with E-state index in [1.165, 1.54) is 4.31 Å². The minimum Gasteiger partial charge on any atom is -0.451 e. The quantitative estimate of drug-likeness (QED) is 0.781. The van der Waals surface area contributed by atoms with E-state index in [9.17, 15) is 13.2 Å². The van der Waals surface area contributed by atoms with E-state index in [2.05, 4.69) is 21.2 Å². The molecule has 1 aromatic carbocycles. The van der Waals surface area contributed by atoms with Crippen molar-refractivity contribution in [2.45, 2.75) is 6.92 Å². The zero-order valence-corrected chi connectivity index (χ0v) is 16.2. The molecule has 0 unspecified atom stereocenters. The van der Waals surface area contributed by atoms with Crippen LogP contribution < -0.4 is 5.32 Å². The number of aryl methyl sites for hydroxylation is 1. The van der Waals surface area contributed by atoms with Crippen molar-refractivity contribution in [2.24, 2.45) is 0 Å². The lowest BCUT2D eigenvalue weighted by molar-refractivity contribution is 0.0730. The number of benzene rings is 1. The Kier molecular flexibility index (Phi) is 5.47. The lowest BCUT2D eigenvalue weighted by Gasteiger charge is -2.25. The fraction of sp³-hybridized carbons (Fsp3) is 0.438. The molecule has 0 spiro atoms. The van der Waals surface area contributed by atoms with E-state index < -0.39 is 15.9 Å². The normalized spacial score (nSPS) is 16.2. The van der Waals surface area contributed by atoms with Crippen molar-refractivity contribution in [1.29, 1.82) is 0 Å². The van der Waals surface area contributed by atoms with Gasteiger partial charge in [0, 0.05) is 35.1 Å². The molecule has 2 heterocycles. The summed E-state index contributed by atoms with van der Waals surface area (Å²) in [5.74, 6) is -0.359. The highest BCUT2D eigenvalue weighted by Gasteiger charge is 2.24. The minimum atomic E-state index is -3.40. The molecule has 25 heavy (non-hydrogen) atoms. The number of sulfonamides is 1. The molecule has 7 nitrogen and oxygen atoms in total. The second-order valence-electron chi connectivity index (χ2n) is 5.78. The van der Waals surface area contributed by atoms with Crippen LogP contribution in [0.5, 0.6) is 0 Å². The molecule has 3 rings (SSSR count). The Bertz CT molecular complexity index is 887. The van der Waals surface area contributed by atoms with Crippen molar-refractivity contribution in [2.75, 3.05) is 38.6 Å². The van der Waals surface area contributed by atoms with Crippen LogP contribution in [0.1, 0.15) is 16.1 Å². The molecule has 0 bridgehead atoms. The Labute approximate surface area is 154 Å². The van der Waals surface area contributed by atoms with Crippen LogP contribution in [0.2, 0.25) is 0 Å². The van der Waals surface area contributed by atoms with Crippen LogP contribution in [0.25, 0.3) is 11.0 Å². The lowest BCUT2D eigenvalue weighted by atomic mass is 10.1. The van der Waals surface area contributed by atoms with Crippen molar-refractivity contribution in [3.05, 3.63) is 34.0 Å². The summed E-state index contributed by atoms with van der Waals surface area (Å²) in [5, 5.41) is 3.48. The molecule has 1 fully saturated rings. The van der Waals surface area contributed by atoms with Crippen molar-refractivity contribution in [3.63, 3.8) is 0 Å². The van der Waals surface area contributed by atoms with E-state index in [1.54, 1.807) is 13.0 Å². The van der Waals surface area contributed by atoms with Crippen LogP contribution in [0, 0.1) is 6.92 Å². The molecule has 1 aliphatic heterocycles. The number of furan rings is 1. The maximum Gasteiger partial charge on any atom is 0.287 e. The topological polar surface area (TPSA) is 88.9 Å². The van der Waals surface area contributed by atoms with Crippen molar-refractivity contribution < 1.29 is 22.4 Å². The zero-order valence-electron chi connectivity index (χ0n) is 13.7. The highest BCUT2D eigenvalue weighted by Crippen LogP contribution is 2.27. The van der Waals surface area contributed by atoms with Gasteiger partial charge in [0.15, 0.2) is 5.76 Å². The number of carbonyl (C=O) groups is 1. The van der Waals surface area contributed by atoms with Crippen LogP contribution in [-0.4, -0.2) is 57.2 Å². The Morgan fingerprint density at radius 3 is 2.76 bits per heavy atom. The van der Waals surface area contributed by atoms with Gasteiger partial charge in [0.05, 0.1) is 19.0 Å². The fourth-order valence-electron chi connectivity index (χ4n) is 2.74. The van der Waals surface area contributed by atoms with Gasteiger partial charge in [0.2, 0.25) is 10.0 Å². The SMILES string of the molecule is Cc1c(C(=O)NCCS(=O)(=O)N2CCOCC2)oc2ccc(Br)cc12. The van der Waals surface area contributed by atoms with Gasteiger partial charge in [-0.15, -0.1) is 0 Å². The average molecular weight is 431 g/mol. The number of nitrogens with zero attached hydrogens (tertiary/aromatic N) is 1. The Hall–Kier alpha value is -1.42. The molecule has 136 valence electrons. The van der Waals surface area contributed by atoms with E-state index in [0.717, 1.165) is 15.4 Å². The highest BCUT2D eigenvalue weighted by molar-refractivity contribution is 9.10. The van der Waals surface area contributed by atoms with Gasteiger partial charge >= 0.3 is 0 Å². The largest absolute Gasteiger partial charge is 0.451 e. The number of morpholine rings is 1. The summed E-state index contributed by atoms with van der Waals surface area (Å²) in [4.78, 5) is 12.3. The van der Waals surface area contributed by atoms with E-state index in [4.69, 9.17) is 9.15 Å². The number of hydrogen-bond acceptors (Lipinski definition) is 5. The molecule has 0 atom stereocenters. The number of halogens is 1. The van der Waals surface area contributed by atoms with E-state index in [-0.39, 0.29) is 18.1 Å². The number of amides is 1. The van der Waals surface area contributed by atoms with Crippen molar-refractivity contribution in [3.8, 4) is 0 Å². The van der Waals surface area contributed by atoms with Gasteiger partial charge in [-0.3, -0.25) is 4.79 Å². The summed E-state index contributed by atoms with van der Waals surface area (Å²) in [6, 6.07) is 5.50. The standard InChI is InChI=1S/C16H19BrN2O5S/c1-11-13-10-12(17)2-3-14(13)24-15(11)16(20)18-4-9-25(21,22)19-5-7-23-8-6-19/h2-3,10H,4-9H2,1H3,(H,18,20). The molecule has 0 radical (unpaired) electrons. The molecular formula is C16H19BrN2O5S. The molecule has 1 saturated heterocycles. The number of nitrogens with one attached hydrogen (secondary N) is 1. The fourth-order valence-corrected chi connectivity index (χ4v) is 4.42. The summed E-state index contributed by atoms with van der Waals surface area (Å²) in [7, 11) is -3.40. The van der Waals surface area contributed by atoms with Gasteiger partial charge < -0.3 is 14.5 Å². The summed E-state index contributed by atoms with van der Waals surface area (Å²) in [6.07, 6.45) is 0. The van der Waals surface area contributed by atoms with Crippen LogP contribution in [0.15, 0.2) is 27.1 Å². The summed E-state index contributed by atoms with van der Waals surface area (Å²) >= 11 is 3.39. The molecule has 1 aromatic heterocycles. The van der Waals surface area contributed by atoms with Gasteiger partial charge in [-0.25, -0.2) is 8.42 Å². The second kappa shape index (κ2) is 7.45. The smallest absolute Gasteiger partial charge is 0.287 e. The number of rotatable bonds is 5. The highest BCUT2D eigenvalue weighted by atomic mass is 79.9. The number of ether oxygens (including phenoxy) is 1. The maximum atomic E-state index is 12.3. The third kappa shape index (κ3) is 4.05. The Morgan fingerprint density at radius 1 is 1.32 bits per heavy atom. The van der Waals surface area contributed by atoms with E-state index in [1.807, 2.05) is 12.1 Å². The van der Waals surface area contributed by atoms with Crippen LogP contribution in [0.3, 0.4) is 0 Å². The first-order valence-corrected chi connectivity index (χ1v) is 10.3. The van der Waals surface area contributed by atoms with Crippen molar-refractivity contribution >= 4 is 42.8 Å². The van der Waals surface area contributed by atoms with Gasteiger partial charge in [-0.1, -0.05) is 15.9 Å². The Morgan fingerprint density at radius 2 is 2.04 bits per heavy atom. The van der Waals surface area contributed by atoms with Crippen LogP contribution in [-0.2, 0) is 14.8 Å². The Balaban J connectivity index is 1.64. The number of fused-ring (bicyclic) bond motifs is 1. The van der Waals surface area contributed by atoms with Crippen molar-refractivity contribution in [1.82, 2.24) is 9.62 Å². The van der Waals surface area contributed by atoms with E-state index in [0.29, 0.717) is 31.9 Å². The third-order valence-corrected chi connectivity index (χ3v) is 6.48. The lowest BCUT2D eigenvalue weighted by Crippen LogP contribution is -2.43. The van der Waals surface area contributed by atoms with Gasteiger partial charge in [-0.05, 0) is 25.1 Å². The molecule has 2 aromatic rings. The molecular weight excluding hydrogens is 412 g/mol. The number of hydrogen-bond donors (Lipinski definition) is 1. The summed E-state index contributed by atoms with van der Waals surface area (Å²) in [5.41, 5.74) is 1.34. The van der Waals surface area contributed by atoms with Gasteiger partial charge in [0.25, 0.3) is 5.91 Å². The predicted octanol–water partition coefficient (Wildman–Crippen LogP) is 1.90.